The van der Waals surface area contributed by atoms with Crippen molar-refractivity contribution in [2.24, 2.45) is 4.36 Å². The van der Waals surface area contributed by atoms with Crippen LogP contribution in [0.25, 0.3) is 0 Å². The minimum atomic E-state index is -1.95. The summed E-state index contributed by atoms with van der Waals surface area (Å²) in [6, 6.07) is 0. The van der Waals surface area contributed by atoms with E-state index in [9.17, 15) is 0 Å². The zero-order chi connectivity index (χ0) is 5.21. The summed E-state index contributed by atoms with van der Waals surface area (Å²) >= 11 is 4.46. The minimum absolute atomic E-state index is 1.52. The maximum absolute atomic E-state index is 8.56. The lowest BCUT2D eigenvalue weighted by molar-refractivity contribution is 0.651. The molecule has 0 saturated heterocycles. The van der Waals surface area contributed by atoms with Gasteiger partial charge in [-0.15, -0.1) is 0 Å². The van der Waals surface area contributed by atoms with E-state index >= 15 is 0 Å². The van der Waals surface area contributed by atoms with Crippen molar-refractivity contribution >= 4 is 19.9 Å². The molecular formula is C2H7NOS2. The summed E-state index contributed by atoms with van der Waals surface area (Å²) in [5.41, 5.74) is 0. The molecule has 0 aromatic carbocycles. The van der Waals surface area contributed by atoms with Gasteiger partial charge in [0, 0.05) is 22.0 Å². The molecule has 4 heteroatoms. The minimum Gasteiger partial charge on any atom is -0.320 e. The Balaban J connectivity index is 4.24. The Morgan fingerprint density at radius 2 is 2.00 bits per heavy atom. The van der Waals surface area contributed by atoms with Crippen molar-refractivity contribution in [3.63, 3.8) is 0 Å². The smallest absolute Gasteiger partial charge is 0.0372 e. The van der Waals surface area contributed by atoms with Crippen molar-refractivity contribution < 1.29 is 4.55 Å². The molecule has 38 valence electrons. The summed E-state index contributed by atoms with van der Waals surface area (Å²) in [7, 11) is -0.438. The van der Waals surface area contributed by atoms with Crippen molar-refractivity contribution in [1.29, 1.82) is 0 Å². The third-order valence-electron chi connectivity index (χ3n) is 0.339. The lowest BCUT2D eigenvalue weighted by Gasteiger charge is -1.87. The molecule has 1 N–H and O–H groups in total. The third kappa shape index (κ3) is 4.33. The molecule has 0 heterocycles. The van der Waals surface area contributed by atoms with Crippen molar-refractivity contribution in [3.8, 4) is 0 Å². The van der Waals surface area contributed by atoms with Crippen LogP contribution in [-0.2, 0) is 19.9 Å². The maximum atomic E-state index is 8.56. The number of nitrogens with zero attached hydrogens (tertiary/aromatic N) is 1. The Hall–Kier alpha value is 0.330. The highest BCUT2D eigenvalue weighted by molar-refractivity contribution is 8.30. The number of rotatable bonds is 0. The molecule has 0 amide bonds. The van der Waals surface area contributed by atoms with Crippen LogP contribution >= 0.6 is 0 Å². The van der Waals surface area contributed by atoms with Crippen LogP contribution in [0.3, 0.4) is 0 Å². The molecule has 0 radical (unpaired) electrons. The fourth-order valence-electron chi connectivity index (χ4n) is 0. The van der Waals surface area contributed by atoms with Crippen molar-refractivity contribution in [1.82, 2.24) is 0 Å². The van der Waals surface area contributed by atoms with Gasteiger partial charge in [-0.3, -0.25) is 0 Å². The third-order valence-corrected chi connectivity index (χ3v) is 1.46. The van der Waals surface area contributed by atoms with Crippen LogP contribution in [-0.4, -0.2) is 17.9 Å². The highest BCUT2D eigenvalue weighted by Crippen LogP contribution is 1.76. The lowest BCUT2D eigenvalue weighted by atomic mass is 11.6. The van der Waals surface area contributed by atoms with Crippen LogP contribution in [0.2, 0.25) is 0 Å². The largest absolute Gasteiger partial charge is 0.320 e. The van der Waals surface area contributed by atoms with Gasteiger partial charge in [-0.25, -0.2) is 4.36 Å². The highest BCUT2D eigenvalue weighted by atomic mass is 32.8. The van der Waals surface area contributed by atoms with E-state index in [0.717, 1.165) is 0 Å². The van der Waals surface area contributed by atoms with Crippen LogP contribution in [0.5, 0.6) is 0 Å². The first-order valence-corrected chi connectivity index (χ1v) is 4.27. The Bertz CT molecular complexity index is 124. The molecule has 0 bridgehead atoms. The van der Waals surface area contributed by atoms with Crippen molar-refractivity contribution in [3.05, 3.63) is 0 Å². The normalized spacial score (nSPS) is 19.2. The Labute approximate surface area is 42.7 Å². The second-order valence-electron chi connectivity index (χ2n) is 0.945. The first kappa shape index (κ1) is 6.33. The summed E-state index contributed by atoms with van der Waals surface area (Å²) in [6.45, 7) is 0. The molecular weight excluding hydrogens is 118 g/mol. The molecule has 0 aromatic heterocycles. The van der Waals surface area contributed by atoms with Gasteiger partial charge in [-0.2, -0.15) is 0 Å². The Morgan fingerprint density at radius 3 is 2.00 bits per heavy atom. The molecule has 1 unspecified atom stereocenters. The van der Waals surface area contributed by atoms with E-state index in [1.807, 2.05) is 0 Å². The Morgan fingerprint density at radius 1 is 1.83 bits per heavy atom. The van der Waals surface area contributed by atoms with Gasteiger partial charge >= 0.3 is 0 Å². The maximum Gasteiger partial charge on any atom is 0.0372 e. The SMILES string of the molecule is CN=S(C)(O)=S. The number of hydrogen-bond acceptors (Lipinski definition) is 2. The molecule has 0 fully saturated rings. The fraction of sp³-hybridized carbons (Fsp3) is 1.00. The second-order valence-corrected chi connectivity index (χ2v) is 4.73. The Kier molecular flexibility index (Phi) is 1.96. The van der Waals surface area contributed by atoms with E-state index in [2.05, 4.69) is 15.6 Å². The van der Waals surface area contributed by atoms with Gasteiger partial charge in [0.05, 0.1) is 0 Å². The van der Waals surface area contributed by atoms with Gasteiger partial charge in [-0.05, 0) is 11.2 Å². The molecule has 0 saturated carbocycles. The van der Waals surface area contributed by atoms with Crippen molar-refractivity contribution in [2.45, 2.75) is 0 Å². The van der Waals surface area contributed by atoms with Crippen LogP contribution in [0.1, 0.15) is 0 Å². The molecule has 0 aliphatic heterocycles. The van der Waals surface area contributed by atoms with E-state index in [1.165, 1.54) is 13.3 Å². The van der Waals surface area contributed by atoms with Crippen molar-refractivity contribution in [2.75, 3.05) is 13.3 Å². The van der Waals surface area contributed by atoms with Crippen LogP contribution < -0.4 is 0 Å². The van der Waals surface area contributed by atoms with Gasteiger partial charge in [0.15, 0.2) is 0 Å². The van der Waals surface area contributed by atoms with Gasteiger partial charge in [-0.1, -0.05) is 0 Å². The van der Waals surface area contributed by atoms with Crippen LogP contribution in [0, 0.1) is 0 Å². The first-order chi connectivity index (χ1) is 2.56. The predicted molar refractivity (Wildman–Crippen MR) is 31.6 cm³/mol. The zero-order valence-corrected chi connectivity index (χ0v) is 5.34. The molecule has 1 atom stereocenters. The van der Waals surface area contributed by atoms with Gasteiger partial charge < -0.3 is 4.55 Å². The average Bonchev–Trinajstić information content (AvgIpc) is 1.35. The predicted octanol–water partition coefficient (Wildman–Crippen LogP) is 0.519. The van der Waals surface area contributed by atoms with Crippen LogP contribution in [0.4, 0.5) is 0 Å². The second kappa shape index (κ2) is 1.86. The molecule has 6 heavy (non-hydrogen) atoms. The topological polar surface area (TPSA) is 32.6 Å². The molecule has 0 aliphatic carbocycles. The molecule has 0 spiro atoms. The fourth-order valence-corrected chi connectivity index (χ4v) is 0. The summed E-state index contributed by atoms with van der Waals surface area (Å²) in [6.07, 6.45) is 1.53. The quantitative estimate of drug-likeness (QED) is 0.512. The molecule has 0 aromatic rings. The van der Waals surface area contributed by atoms with E-state index in [1.54, 1.807) is 0 Å². The monoisotopic (exact) mass is 125 g/mol. The molecule has 0 aliphatic rings. The average molecular weight is 125 g/mol. The first-order valence-electron chi connectivity index (χ1n) is 1.39. The molecule has 2 nitrogen and oxygen atoms in total. The van der Waals surface area contributed by atoms with Gasteiger partial charge in [0.1, 0.15) is 0 Å². The molecule has 0 rings (SSSR count). The van der Waals surface area contributed by atoms with E-state index in [0.29, 0.717) is 0 Å². The van der Waals surface area contributed by atoms with Crippen LogP contribution in [0.15, 0.2) is 4.36 Å². The highest BCUT2D eigenvalue weighted by Gasteiger charge is 1.74. The van der Waals surface area contributed by atoms with E-state index in [4.69, 9.17) is 4.55 Å². The zero-order valence-electron chi connectivity index (χ0n) is 3.71. The summed E-state index contributed by atoms with van der Waals surface area (Å²) < 4.78 is 12.0. The summed E-state index contributed by atoms with van der Waals surface area (Å²) in [4.78, 5) is 0. The van der Waals surface area contributed by atoms with E-state index < -0.39 is 8.66 Å². The lowest BCUT2D eigenvalue weighted by Crippen LogP contribution is -1.86. The van der Waals surface area contributed by atoms with Gasteiger partial charge in [0.25, 0.3) is 0 Å². The standard InChI is InChI=1S/C2H7NOS2/c1-3-6(2,4)5/h1-2H3,(H,3,4,5). The van der Waals surface area contributed by atoms with Gasteiger partial charge in [0.2, 0.25) is 0 Å². The summed E-state index contributed by atoms with van der Waals surface area (Å²) in [5.74, 6) is 0. The van der Waals surface area contributed by atoms with E-state index in [-0.39, 0.29) is 0 Å². The number of hydrogen-bond donors (Lipinski definition) is 1. The summed E-state index contributed by atoms with van der Waals surface area (Å²) in [5, 5.41) is 0.